The van der Waals surface area contributed by atoms with Gasteiger partial charge in [0, 0.05) is 6.04 Å². The van der Waals surface area contributed by atoms with Crippen LogP contribution in [0, 0.1) is 0 Å². The second kappa shape index (κ2) is 6.85. The minimum absolute atomic E-state index is 0.240. The SMILES string of the molecule is CCC(C)NNC(=O)OCc1ccccc1. The Morgan fingerprint density at radius 3 is 2.69 bits per heavy atom. The molecule has 0 bridgehead atoms. The number of hydrogen-bond donors (Lipinski definition) is 2. The molecule has 2 N–H and O–H groups in total. The predicted octanol–water partition coefficient (Wildman–Crippen LogP) is 2.22. The summed E-state index contributed by atoms with van der Waals surface area (Å²) in [6, 6.07) is 9.81. The van der Waals surface area contributed by atoms with Gasteiger partial charge in [-0.1, -0.05) is 37.3 Å². The molecule has 4 heteroatoms. The van der Waals surface area contributed by atoms with Crippen molar-refractivity contribution in [3.05, 3.63) is 35.9 Å². The monoisotopic (exact) mass is 222 g/mol. The van der Waals surface area contributed by atoms with Crippen molar-refractivity contribution in [3.63, 3.8) is 0 Å². The van der Waals surface area contributed by atoms with E-state index in [-0.39, 0.29) is 12.6 Å². The molecule has 0 aliphatic rings. The van der Waals surface area contributed by atoms with Gasteiger partial charge >= 0.3 is 6.09 Å². The van der Waals surface area contributed by atoms with Crippen molar-refractivity contribution in [2.24, 2.45) is 0 Å². The van der Waals surface area contributed by atoms with E-state index in [1.807, 2.05) is 44.2 Å². The second-order valence-corrected chi connectivity index (χ2v) is 3.64. The molecule has 1 atom stereocenters. The quantitative estimate of drug-likeness (QED) is 0.751. The summed E-state index contributed by atoms with van der Waals surface area (Å²) < 4.78 is 5.01. The van der Waals surface area contributed by atoms with Gasteiger partial charge in [0.25, 0.3) is 0 Å². The summed E-state index contributed by atoms with van der Waals surface area (Å²) in [6.07, 6.45) is 0.489. The van der Waals surface area contributed by atoms with Crippen LogP contribution in [0.3, 0.4) is 0 Å². The normalized spacial score (nSPS) is 11.9. The van der Waals surface area contributed by atoms with Crippen LogP contribution < -0.4 is 10.9 Å². The highest BCUT2D eigenvalue weighted by Crippen LogP contribution is 2.00. The number of hydrogen-bond acceptors (Lipinski definition) is 3. The van der Waals surface area contributed by atoms with Crippen molar-refractivity contribution >= 4 is 6.09 Å². The lowest BCUT2D eigenvalue weighted by Crippen LogP contribution is -2.42. The van der Waals surface area contributed by atoms with Gasteiger partial charge in [0.15, 0.2) is 0 Å². The lowest BCUT2D eigenvalue weighted by Gasteiger charge is -2.12. The third-order valence-electron chi connectivity index (χ3n) is 2.25. The zero-order valence-corrected chi connectivity index (χ0v) is 9.69. The van der Waals surface area contributed by atoms with E-state index in [2.05, 4.69) is 10.9 Å². The Bertz CT molecular complexity index is 314. The molecule has 0 fully saturated rings. The Kier molecular flexibility index (Phi) is 5.36. The van der Waals surface area contributed by atoms with Crippen LogP contribution >= 0.6 is 0 Å². The topological polar surface area (TPSA) is 50.4 Å². The fourth-order valence-corrected chi connectivity index (χ4v) is 1.04. The van der Waals surface area contributed by atoms with Crippen LogP contribution in [-0.2, 0) is 11.3 Å². The van der Waals surface area contributed by atoms with Crippen molar-refractivity contribution < 1.29 is 9.53 Å². The van der Waals surface area contributed by atoms with Crippen molar-refractivity contribution in [1.29, 1.82) is 0 Å². The molecule has 0 saturated heterocycles. The maximum Gasteiger partial charge on any atom is 0.421 e. The molecule has 4 nitrogen and oxygen atoms in total. The summed E-state index contributed by atoms with van der Waals surface area (Å²) in [4.78, 5) is 11.2. The maximum absolute atomic E-state index is 11.2. The average Bonchev–Trinajstić information content (AvgIpc) is 2.34. The third-order valence-corrected chi connectivity index (χ3v) is 2.25. The molecule has 1 unspecified atom stereocenters. The predicted molar refractivity (Wildman–Crippen MR) is 62.7 cm³/mol. The number of benzene rings is 1. The first-order valence-corrected chi connectivity index (χ1v) is 5.44. The summed E-state index contributed by atoms with van der Waals surface area (Å²) in [5.41, 5.74) is 6.31. The highest BCUT2D eigenvalue weighted by atomic mass is 16.6. The number of rotatable bonds is 5. The molecule has 0 aliphatic carbocycles. The van der Waals surface area contributed by atoms with Gasteiger partial charge in [0.2, 0.25) is 0 Å². The summed E-state index contributed by atoms with van der Waals surface area (Å²) in [7, 11) is 0. The standard InChI is InChI=1S/C12H18N2O2/c1-3-10(2)13-14-12(15)16-9-11-7-5-4-6-8-11/h4-8,10,13H,3,9H2,1-2H3,(H,14,15). The third kappa shape index (κ3) is 4.79. The molecule has 16 heavy (non-hydrogen) atoms. The fourth-order valence-electron chi connectivity index (χ4n) is 1.04. The molecule has 0 aliphatic heterocycles. The molecule has 0 radical (unpaired) electrons. The highest BCUT2D eigenvalue weighted by molar-refractivity contribution is 5.66. The zero-order chi connectivity index (χ0) is 11.8. The molecular formula is C12H18N2O2. The smallest absolute Gasteiger partial charge is 0.421 e. The molecule has 0 heterocycles. The first kappa shape index (κ1) is 12.5. The van der Waals surface area contributed by atoms with E-state index in [0.29, 0.717) is 0 Å². The first-order chi connectivity index (χ1) is 7.72. The molecule has 1 aromatic carbocycles. The van der Waals surface area contributed by atoms with Crippen LogP contribution in [0.5, 0.6) is 0 Å². The van der Waals surface area contributed by atoms with Crippen molar-refractivity contribution in [1.82, 2.24) is 10.9 Å². The number of carbonyl (C=O) groups is 1. The van der Waals surface area contributed by atoms with Crippen LogP contribution in [-0.4, -0.2) is 12.1 Å². The number of ether oxygens (including phenoxy) is 1. The van der Waals surface area contributed by atoms with Gasteiger partial charge < -0.3 is 4.74 Å². The molecule has 0 spiro atoms. The minimum Gasteiger partial charge on any atom is -0.444 e. The van der Waals surface area contributed by atoms with Crippen LogP contribution in [0.4, 0.5) is 4.79 Å². The van der Waals surface area contributed by atoms with Gasteiger partial charge in [0.05, 0.1) is 0 Å². The zero-order valence-electron chi connectivity index (χ0n) is 9.69. The van der Waals surface area contributed by atoms with Gasteiger partial charge in [-0.05, 0) is 18.9 Å². The lowest BCUT2D eigenvalue weighted by atomic mass is 10.2. The molecule has 1 rings (SSSR count). The van der Waals surface area contributed by atoms with Crippen LogP contribution in [0.15, 0.2) is 30.3 Å². The molecule has 88 valence electrons. The molecule has 1 amide bonds. The van der Waals surface area contributed by atoms with Gasteiger partial charge in [0.1, 0.15) is 6.61 Å². The molecular weight excluding hydrogens is 204 g/mol. The van der Waals surface area contributed by atoms with Gasteiger partial charge in [-0.25, -0.2) is 10.2 Å². The Morgan fingerprint density at radius 2 is 2.06 bits per heavy atom. The minimum atomic E-state index is -0.454. The summed E-state index contributed by atoms with van der Waals surface area (Å²) in [5, 5.41) is 0. The Morgan fingerprint density at radius 1 is 1.38 bits per heavy atom. The second-order valence-electron chi connectivity index (χ2n) is 3.64. The van der Waals surface area contributed by atoms with Crippen LogP contribution in [0.2, 0.25) is 0 Å². The van der Waals surface area contributed by atoms with Crippen molar-refractivity contribution in [3.8, 4) is 0 Å². The fraction of sp³-hybridized carbons (Fsp3) is 0.417. The molecule has 0 saturated carbocycles. The van der Waals surface area contributed by atoms with Crippen LogP contribution in [0.1, 0.15) is 25.8 Å². The van der Waals surface area contributed by atoms with E-state index in [1.54, 1.807) is 0 Å². The summed E-state index contributed by atoms with van der Waals surface area (Å²) >= 11 is 0. The van der Waals surface area contributed by atoms with Gasteiger partial charge in [-0.15, -0.1) is 0 Å². The number of carbonyl (C=O) groups excluding carboxylic acids is 1. The number of nitrogens with one attached hydrogen (secondary N) is 2. The average molecular weight is 222 g/mol. The van der Waals surface area contributed by atoms with E-state index < -0.39 is 6.09 Å². The first-order valence-electron chi connectivity index (χ1n) is 5.44. The highest BCUT2D eigenvalue weighted by Gasteiger charge is 2.03. The summed E-state index contributed by atoms with van der Waals surface area (Å²) in [6.45, 7) is 4.31. The largest absolute Gasteiger partial charge is 0.444 e. The van der Waals surface area contributed by atoms with Crippen molar-refractivity contribution in [2.75, 3.05) is 0 Å². The number of amides is 1. The van der Waals surface area contributed by atoms with E-state index in [0.717, 1.165) is 12.0 Å². The van der Waals surface area contributed by atoms with Gasteiger partial charge in [-0.2, -0.15) is 0 Å². The number of hydrazine groups is 1. The van der Waals surface area contributed by atoms with Crippen LogP contribution in [0.25, 0.3) is 0 Å². The van der Waals surface area contributed by atoms with Crippen molar-refractivity contribution in [2.45, 2.75) is 32.9 Å². The van der Waals surface area contributed by atoms with E-state index in [9.17, 15) is 4.79 Å². The maximum atomic E-state index is 11.2. The summed E-state index contributed by atoms with van der Waals surface area (Å²) in [5.74, 6) is 0. The van der Waals surface area contributed by atoms with E-state index in [1.165, 1.54) is 0 Å². The Balaban J connectivity index is 2.20. The Hall–Kier alpha value is -1.55. The molecule has 0 aromatic heterocycles. The Labute approximate surface area is 96.0 Å². The molecule has 1 aromatic rings. The van der Waals surface area contributed by atoms with E-state index in [4.69, 9.17) is 4.74 Å². The van der Waals surface area contributed by atoms with E-state index >= 15 is 0 Å². The van der Waals surface area contributed by atoms with Gasteiger partial charge in [-0.3, -0.25) is 5.43 Å². The lowest BCUT2D eigenvalue weighted by molar-refractivity contribution is 0.133.